The molecule has 1 aliphatic carbocycles. The Labute approximate surface area is 273 Å². The number of carbonyl (C=O) groups excluding carboxylic acids is 1. The van der Waals surface area contributed by atoms with Gasteiger partial charge in [-0.2, -0.15) is 4.31 Å². The standard InChI is InChI=1S/C34H37ClF2N4O4S/c1-45-27-12-14-28(15-13-27)46(43,44)41-18-17-39-21-26(41)11-16-29-30(37)9-4-10-31(29)40-34(42)33(38)32(22-5-2-7-24(35)19-22)23-6-3-8-25(36)20-23/h2,4-7,9-10,12-15,19-20,26,32-33,39H,3,8,11,16-18,21,38H2,1H3,(H,40,42)/t26-,32-,33-/m0/s1. The van der Waals surface area contributed by atoms with E-state index >= 15 is 4.39 Å². The first-order valence-electron chi connectivity index (χ1n) is 15.1. The van der Waals surface area contributed by atoms with Crippen LogP contribution in [0.2, 0.25) is 5.02 Å². The lowest BCUT2D eigenvalue weighted by Gasteiger charge is -2.35. The molecule has 8 nitrogen and oxygen atoms in total. The maximum Gasteiger partial charge on any atom is 0.243 e. The monoisotopic (exact) mass is 670 g/mol. The number of benzene rings is 3. The van der Waals surface area contributed by atoms with Crippen molar-refractivity contribution in [2.24, 2.45) is 5.73 Å². The van der Waals surface area contributed by atoms with Crippen molar-refractivity contribution < 1.29 is 26.7 Å². The number of amides is 1. The van der Waals surface area contributed by atoms with Crippen LogP contribution in [-0.2, 0) is 21.2 Å². The molecular weight excluding hydrogens is 634 g/mol. The predicted molar refractivity (Wildman–Crippen MR) is 176 cm³/mol. The van der Waals surface area contributed by atoms with E-state index in [9.17, 15) is 17.6 Å². The fourth-order valence-corrected chi connectivity index (χ4v) is 7.86. The van der Waals surface area contributed by atoms with Crippen molar-refractivity contribution in [3.05, 3.63) is 112 Å². The average Bonchev–Trinajstić information content (AvgIpc) is 3.05. The van der Waals surface area contributed by atoms with E-state index in [-0.39, 0.29) is 41.4 Å². The molecule has 3 aromatic rings. The lowest BCUT2D eigenvalue weighted by molar-refractivity contribution is -0.117. The number of allylic oxidation sites excluding steroid dienone is 3. The molecule has 244 valence electrons. The van der Waals surface area contributed by atoms with Gasteiger partial charge in [0.2, 0.25) is 15.9 Å². The van der Waals surface area contributed by atoms with E-state index in [1.807, 2.05) is 6.08 Å². The Balaban J connectivity index is 1.36. The summed E-state index contributed by atoms with van der Waals surface area (Å²) < 4.78 is 63.4. The molecule has 5 rings (SSSR count). The van der Waals surface area contributed by atoms with Gasteiger partial charge in [0.05, 0.1) is 18.0 Å². The van der Waals surface area contributed by atoms with Crippen LogP contribution < -0.4 is 21.1 Å². The molecule has 12 heteroatoms. The predicted octanol–water partition coefficient (Wildman–Crippen LogP) is 5.71. The molecule has 2 aliphatic rings. The van der Waals surface area contributed by atoms with Gasteiger partial charge >= 0.3 is 0 Å². The first-order valence-corrected chi connectivity index (χ1v) is 16.9. The number of hydrogen-bond acceptors (Lipinski definition) is 6. The molecule has 1 fully saturated rings. The normalized spacial score (nSPS) is 18.7. The number of piperazine rings is 1. The van der Waals surface area contributed by atoms with E-state index in [1.165, 1.54) is 41.8 Å². The Bertz CT molecular complexity index is 1730. The van der Waals surface area contributed by atoms with Crippen LogP contribution in [0.25, 0.3) is 0 Å². The SMILES string of the molecule is COc1ccc(S(=O)(=O)N2CCNC[C@@H]2CCc2c(F)cccc2NC(=O)[C@@H](N)[C@H](C2=CCCC(F)=C2)c2cccc(Cl)c2)cc1. The van der Waals surface area contributed by atoms with E-state index in [2.05, 4.69) is 10.6 Å². The second-order valence-corrected chi connectivity index (χ2v) is 13.7. The van der Waals surface area contributed by atoms with Gasteiger partial charge in [-0.25, -0.2) is 17.2 Å². The van der Waals surface area contributed by atoms with Crippen LogP contribution in [0.4, 0.5) is 14.5 Å². The fourth-order valence-electron chi connectivity index (χ4n) is 6.01. The third-order valence-electron chi connectivity index (χ3n) is 8.38. The molecule has 0 radical (unpaired) electrons. The zero-order valence-corrected chi connectivity index (χ0v) is 27.0. The van der Waals surface area contributed by atoms with Crippen molar-refractivity contribution in [1.29, 1.82) is 0 Å². The van der Waals surface area contributed by atoms with E-state index < -0.39 is 39.7 Å². The highest BCUT2D eigenvalue weighted by molar-refractivity contribution is 7.89. The van der Waals surface area contributed by atoms with Crippen LogP contribution in [0, 0.1) is 5.82 Å². The van der Waals surface area contributed by atoms with Gasteiger partial charge in [0.1, 0.15) is 17.4 Å². The Morgan fingerprint density at radius 1 is 1.15 bits per heavy atom. The van der Waals surface area contributed by atoms with Crippen molar-refractivity contribution in [1.82, 2.24) is 9.62 Å². The molecule has 0 unspecified atom stereocenters. The Hall–Kier alpha value is -3.61. The first-order chi connectivity index (χ1) is 22.1. The molecule has 46 heavy (non-hydrogen) atoms. The fraction of sp³-hybridized carbons (Fsp3) is 0.324. The summed E-state index contributed by atoms with van der Waals surface area (Å²) in [5.74, 6) is -1.58. The molecule has 3 aromatic carbocycles. The lowest BCUT2D eigenvalue weighted by Crippen LogP contribution is -2.53. The summed E-state index contributed by atoms with van der Waals surface area (Å²) in [6.45, 7) is 1.12. The average molecular weight is 671 g/mol. The summed E-state index contributed by atoms with van der Waals surface area (Å²) in [7, 11) is -2.33. The minimum Gasteiger partial charge on any atom is -0.497 e. The number of methoxy groups -OCH3 is 1. The first kappa shape index (κ1) is 33.7. The Kier molecular flexibility index (Phi) is 10.9. The molecule has 0 spiro atoms. The third-order valence-corrected chi connectivity index (χ3v) is 10.6. The number of sulfonamides is 1. The van der Waals surface area contributed by atoms with Gasteiger partial charge in [-0.15, -0.1) is 0 Å². The van der Waals surface area contributed by atoms with Gasteiger partial charge in [0, 0.05) is 54.3 Å². The number of nitrogens with one attached hydrogen (secondary N) is 2. The van der Waals surface area contributed by atoms with Crippen molar-refractivity contribution >= 4 is 33.2 Å². The van der Waals surface area contributed by atoms with Crippen LogP contribution >= 0.6 is 11.6 Å². The smallest absolute Gasteiger partial charge is 0.243 e. The quantitative estimate of drug-likeness (QED) is 0.241. The van der Waals surface area contributed by atoms with E-state index in [1.54, 1.807) is 42.5 Å². The Morgan fingerprint density at radius 2 is 1.91 bits per heavy atom. The van der Waals surface area contributed by atoms with Crippen molar-refractivity contribution in [3.8, 4) is 5.75 Å². The minimum atomic E-state index is -3.83. The molecule has 4 N–H and O–H groups in total. The molecule has 1 saturated heterocycles. The molecule has 1 aliphatic heterocycles. The van der Waals surface area contributed by atoms with E-state index in [0.717, 1.165) is 0 Å². The van der Waals surface area contributed by atoms with Gasteiger partial charge in [0.25, 0.3) is 0 Å². The summed E-state index contributed by atoms with van der Waals surface area (Å²) in [4.78, 5) is 13.8. The van der Waals surface area contributed by atoms with Crippen LogP contribution in [0.3, 0.4) is 0 Å². The summed E-state index contributed by atoms with van der Waals surface area (Å²) in [6, 6.07) is 15.9. The Morgan fingerprint density at radius 3 is 2.63 bits per heavy atom. The number of ether oxygens (including phenoxy) is 1. The highest BCUT2D eigenvalue weighted by Crippen LogP contribution is 2.35. The van der Waals surface area contributed by atoms with Crippen LogP contribution in [0.5, 0.6) is 5.75 Å². The number of rotatable bonds is 11. The maximum absolute atomic E-state index is 15.3. The topological polar surface area (TPSA) is 114 Å². The largest absolute Gasteiger partial charge is 0.497 e. The number of nitrogens with two attached hydrogens (primary N) is 1. The zero-order chi connectivity index (χ0) is 32.8. The maximum atomic E-state index is 15.3. The van der Waals surface area contributed by atoms with Crippen LogP contribution in [-0.4, -0.2) is 57.5 Å². The second kappa shape index (κ2) is 14.9. The second-order valence-electron chi connectivity index (χ2n) is 11.3. The number of halogens is 3. The van der Waals surface area contributed by atoms with Gasteiger partial charge in [-0.1, -0.05) is 35.9 Å². The third kappa shape index (κ3) is 7.67. The number of hydrogen-bond donors (Lipinski definition) is 3. The number of nitrogens with zero attached hydrogens (tertiary/aromatic N) is 1. The van der Waals surface area contributed by atoms with Gasteiger partial charge < -0.3 is 21.1 Å². The van der Waals surface area contributed by atoms with Gasteiger partial charge in [-0.05, 0) is 85.0 Å². The van der Waals surface area contributed by atoms with E-state index in [4.69, 9.17) is 22.1 Å². The van der Waals surface area contributed by atoms with Crippen LogP contribution in [0.1, 0.15) is 36.3 Å². The number of carbonyl (C=O) groups is 1. The summed E-state index contributed by atoms with van der Waals surface area (Å²) in [5.41, 5.74) is 8.24. The highest BCUT2D eigenvalue weighted by Gasteiger charge is 2.34. The van der Waals surface area contributed by atoms with Crippen molar-refractivity contribution in [2.75, 3.05) is 32.1 Å². The van der Waals surface area contributed by atoms with Gasteiger partial charge in [0.15, 0.2) is 0 Å². The number of anilines is 1. The summed E-state index contributed by atoms with van der Waals surface area (Å²) >= 11 is 6.25. The molecule has 0 saturated carbocycles. The minimum absolute atomic E-state index is 0.144. The molecule has 1 heterocycles. The zero-order valence-electron chi connectivity index (χ0n) is 25.4. The summed E-state index contributed by atoms with van der Waals surface area (Å²) in [6.07, 6.45) is 4.45. The van der Waals surface area contributed by atoms with Gasteiger partial charge in [-0.3, -0.25) is 4.79 Å². The molecule has 0 aromatic heterocycles. The molecule has 3 atom stereocenters. The molecule has 0 bridgehead atoms. The molecular formula is C34H37ClF2N4O4S. The lowest BCUT2D eigenvalue weighted by atomic mass is 9.82. The van der Waals surface area contributed by atoms with Crippen molar-refractivity contribution in [3.63, 3.8) is 0 Å². The van der Waals surface area contributed by atoms with Crippen LogP contribution in [0.15, 0.2) is 95.2 Å². The molecule has 1 amide bonds. The summed E-state index contributed by atoms with van der Waals surface area (Å²) in [5, 5.41) is 6.48. The van der Waals surface area contributed by atoms with E-state index in [0.29, 0.717) is 47.8 Å². The van der Waals surface area contributed by atoms with Crippen molar-refractivity contribution in [2.45, 2.75) is 48.6 Å². The highest BCUT2D eigenvalue weighted by atomic mass is 35.5.